The van der Waals surface area contributed by atoms with Crippen molar-refractivity contribution in [3.05, 3.63) is 41.7 Å². The average Bonchev–Trinajstić information content (AvgIpc) is 2.71. The first kappa shape index (κ1) is 24.7. The number of hydrogen-bond donors (Lipinski definition) is 2. The van der Waals surface area contributed by atoms with E-state index in [9.17, 15) is 39.6 Å². The molecule has 1 unspecified atom stereocenters. The van der Waals surface area contributed by atoms with E-state index in [0.717, 1.165) is 23.2 Å². The molecule has 15 heteroatoms. The number of carbonyl (C=O) groups is 1. The summed E-state index contributed by atoms with van der Waals surface area (Å²) in [5, 5.41) is 6.58. The molecule has 8 nitrogen and oxygen atoms in total. The minimum absolute atomic E-state index is 0.0516. The van der Waals surface area contributed by atoms with E-state index >= 15 is 0 Å². The Labute approximate surface area is 183 Å². The molecule has 1 aliphatic heterocycles. The topological polar surface area (TPSA) is 118 Å². The van der Waals surface area contributed by atoms with Crippen LogP contribution in [0.5, 0.6) is 0 Å². The summed E-state index contributed by atoms with van der Waals surface area (Å²) in [6.45, 7) is -0.525. The average molecular weight is 497 g/mol. The zero-order chi connectivity index (χ0) is 24.6. The Balaban J connectivity index is 1.99. The molecule has 0 saturated carbocycles. The highest BCUT2D eigenvalue weighted by Gasteiger charge is 2.43. The zero-order valence-electron chi connectivity index (χ0n) is 16.6. The number of nitrogens with one attached hydrogen (secondary N) is 1. The van der Waals surface area contributed by atoms with Crippen LogP contribution in [0.1, 0.15) is 28.8 Å². The van der Waals surface area contributed by atoms with E-state index in [4.69, 9.17) is 5.14 Å². The van der Waals surface area contributed by atoms with Gasteiger partial charge in [0.05, 0.1) is 17.0 Å². The third-order valence-corrected chi connectivity index (χ3v) is 5.71. The number of amides is 1. The lowest BCUT2D eigenvalue weighted by atomic mass is 9.97. The van der Waals surface area contributed by atoms with Crippen LogP contribution >= 0.6 is 0 Å². The molecule has 1 atom stereocenters. The van der Waals surface area contributed by atoms with E-state index in [0.29, 0.717) is 12.3 Å². The number of carbonyl (C=O) groups excluding carboxylic acids is 1. The van der Waals surface area contributed by atoms with Crippen LogP contribution in [-0.4, -0.2) is 43.6 Å². The van der Waals surface area contributed by atoms with E-state index in [1.54, 1.807) is 0 Å². The Bertz CT molecular complexity index is 1150. The maximum Gasteiger partial charge on any atom is 0.417 e. The number of piperidine rings is 1. The largest absolute Gasteiger partial charge is 0.417 e. The van der Waals surface area contributed by atoms with E-state index in [-0.39, 0.29) is 30.9 Å². The lowest BCUT2D eigenvalue weighted by Crippen LogP contribution is -2.42. The summed E-state index contributed by atoms with van der Waals surface area (Å²) in [4.78, 5) is 21.1. The molecule has 3 heterocycles. The number of rotatable bonds is 4. The second-order valence-corrected chi connectivity index (χ2v) is 8.81. The van der Waals surface area contributed by atoms with Crippen LogP contribution in [0.15, 0.2) is 35.6 Å². The molecule has 1 amide bonds. The van der Waals surface area contributed by atoms with Crippen LogP contribution in [0.3, 0.4) is 0 Å². The first-order valence-electron chi connectivity index (χ1n) is 9.35. The fourth-order valence-corrected chi connectivity index (χ4v) is 3.81. The van der Waals surface area contributed by atoms with Crippen LogP contribution in [0.4, 0.5) is 37.8 Å². The Hall–Kier alpha value is -2.94. The van der Waals surface area contributed by atoms with Crippen molar-refractivity contribution in [3.8, 4) is 0 Å². The molecular formula is C18H17F6N5O3S. The van der Waals surface area contributed by atoms with Gasteiger partial charge in [0.1, 0.15) is 5.82 Å². The number of primary sulfonamides is 1. The van der Waals surface area contributed by atoms with Crippen molar-refractivity contribution in [3.63, 3.8) is 0 Å². The summed E-state index contributed by atoms with van der Waals surface area (Å²) in [6, 6.07) is 2.53. The van der Waals surface area contributed by atoms with Gasteiger partial charge >= 0.3 is 12.4 Å². The molecule has 3 rings (SSSR count). The van der Waals surface area contributed by atoms with Crippen molar-refractivity contribution in [2.45, 2.75) is 30.2 Å². The number of alkyl halides is 6. The highest BCUT2D eigenvalue weighted by molar-refractivity contribution is 7.89. The predicted molar refractivity (Wildman–Crippen MR) is 104 cm³/mol. The van der Waals surface area contributed by atoms with Gasteiger partial charge in [-0.05, 0) is 25.0 Å². The van der Waals surface area contributed by atoms with Gasteiger partial charge in [-0.1, -0.05) is 0 Å². The summed E-state index contributed by atoms with van der Waals surface area (Å²) in [5.74, 6) is -3.22. The van der Waals surface area contributed by atoms with Crippen LogP contribution in [0, 0.1) is 5.92 Å². The molecule has 0 aromatic carbocycles. The van der Waals surface area contributed by atoms with Gasteiger partial charge in [-0.25, -0.2) is 23.5 Å². The Morgan fingerprint density at radius 1 is 1.15 bits per heavy atom. The zero-order valence-corrected chi connectivity index (χ0v) is 17.4. The van der Waals surface area contributed by atoms with Gasteiger partial charge in [-0.2, -0.15) is 26.3 Å². The molecule has 1 saturated heterocycles. The van der Waals surface area contributed by atoms with E-state index < -0.39 is 56.9 Å². The molecule has 180 valence electrons. The molecule has 0 bridgehead atoms. The fourth-order valence-electron chi connectivity index (χ4n) is 3.31. The highest BCUT2D eigenvalue weighted by atomic mass is 32.2. The van der Waals surface area contributed by atoms with Gasteiger partial charge in [0, 0.05) is 37.2 Å². The van der Waals surface area contributed by atoms with Crippen molar-refractivity contribution in [1.29, 1.82) is 0 Å². The Morgan fingerprint density at radius 3 is 2.45 bits per heavy atom. The van der Waals surface area contributed by atoms with Gasteiger partial charge in [0.15, 0.2) is 5.03 Å². The third-order valence-electron chi connectivity index (χ3n) is 4.91. The normalized spacial score (nSPS) is 17.7. The molecule has 2 aromatic heterocycles. The van der Waals surface area contributed by atoms with Gasteiger partial charge in [-0.15, -0.1) is 0 Å². The number of pyridine rings is 2. The van der Waals surface area contributed by atoms with E-state index in [2.05, 4.69) is 15.3 Å². The molecule has 1 fully saturated rings. The molecule has 0 spiro atoms. The van der Waals surface area contributed by atoms with Crippen molar-refractivity contribution in [2.24, 2.45) is 11.1 Å². The molecule has 0 radical (unpaired) electrons. The predicted octanol–water partition coefficient (Wildman–Crippen LogP) is 3.17. The number of nitrogens with zero attached hydrogens (tertiary/aromatic N) is 3. The molecule has 0 aliphatic carbocycles. The SMILES string of the molecule is NS(=O)(=O)c1cc(NC(=O)c2cc(C(F)(F)F)cnc2N2CCCC(C(F)(F)F)C2)ccn1. The first-order chi connectivity index (χ1) is 15.2. The number of aromatic nitrogens is 2. The summed E-state index contributed by atoms with van der Waals surface area (Å²) < 4.78 is 102. The number of nitrogens with two attached hydrogens (primary N) is 1. The minimum Gasteiger partial charge on any atom is -0.355 e. The Morgan fingerprint density at radius 2 is 1.85 bits per heavy atom. The van der Waals surface area contributed by atoms with Crippen LogP contribution in [0.25, 0.3) is 0 Å². The summed E-state index contributed by atoms with van der Waals surface area (Å²) in [7, 11) is -4.24. The number of hydrogen-bond acceptors (Lipinski definition) is 6. The smallest absolute Gasteiger partial charge is 0.355 e. The van der Waals surface area contributed by atoms with E-state index in [1.807, 2.05) is 0 Å². The Kier molecular flexibility index (Phi) is 6.57. The quantitative estimate of drug-likeness (QED) is 0.627. The van der Waals surface area contributed by atoms with Crippen LogP contribution in [-0.2, 0) is 16.2 Å². The molecule has 1 aliphatic rings. The number of sulfonamides is 1. The van der Waals surface area contributed by atoms with Crippen molar-refractivity contribution in [1.82, 2.24) is 9.97 Å². The number of halogens is 6. The van der Waals surface area contributed by atoms with Gasteiger partial charge in [-0.3, -0.25) is 4.79 Å². The fraction of sp³-hybridized carbons (Fsp3) is 0.389. The summed E-state index contributed by atoms with van der Waals surface area (Å²) in [5.41, 5.74) is -2.06. The lowest BCUT2D eigenvalue weighted by molar-refractivity contribution is -0.176. The van der Waals surface area contributed by atoms with Crippen molar-refractivity contribution < 1.29 is 39.6 Å². The molecule has 3 N–H and O–H groups in total. The second kappa shape index (κ2) is 8.78. The molecular weight excluding hydrogens is 480 g/mol. The van der Waals surface area contributed by atoms with Crippen molar-refractivity contribution in [2.75, 3.05) is 23.3 Å². The first-order valence-corrected chi connectivity index (χ1v) is 10.9. The lowest BCUT2D eigenvalue weighted by Gasteiger charge is -2.35. The third kappa shape index (κ3) is 5.90. The van der Waals surface area contributed by atoms with Gasteiger partial charge < -0.3 is 10.2 Å². The second-order valence-electron chi connectivity index (χ2n) is 7.30. The van der Waals surface area contributed by atoms with E-state index in [1.165, 1.54) is 0 Å². The monoisotopic (exact) mass is 497 g/mol. The highest BCUT2D eigenvalue weighted by Crippen LogP contribution is 2.37. The summed E-state index contributed by atoms with van der Waals surface area (Å²) in [6.07, 6.45) is -8.01. The maximum absolute atomic E-state index is 13.2. The van der Waals surface area contributed by atoms with Crippen molar-refractivity contribution >= 4 is 27.4 Å². The summed E-state index contributed by atoms with van der Waals surface area (Å²) >= 11 is 0. The standard InChI is InChI=1S/C18H17F6N5O3S/c19-17(20,21)10-2-1-5-29(9-10)15-13(6-11(8-27-15)18(22,23)24)16(30)28-12-3-4-26-14(7-12)33(25,31)32/h3-4,6-8,10H,1-2,5,9H2,(H2,25,31,32)(H,26,28,30). The van der Waals surface area contributed by atoms with Gasteiger partial charge in [0.2, 0.25) is 0 Å². The van der Waals surface area contributed by atoms with Crippen LogP contribution < -0.4 is 15.4 Å². The minimum atomic E-state index is -4.87. The molecule has 2 aromatic rings. The maximum atomic E-state index is 13.2. The molecule has 33 heavy (non-hydrogen) atoms. The van der Waals surface area contributed by atoms with Gasteiger partial charge in [0.25, 0.3) is 15.9 Å². The van der Waals surface area contributed by atoms with Crippen LogP contribution in [0.2, 0.25) is 0 Å². The number of anilines is 2.